The highest BCUT2D eigenvalue weighted by Crippen LogP contribution is 2.23. The lowest BCUT2D eigenvalue weighted by Gasteiger charge is -2.21. The number of fused-ring (bicyclic) bond motifs is 2. The minimum absolute atomic E-state index is 0.00214. The van der Waals surface area contributed by atoms with Crippen molar-refractivity contribution in [1.29, 1.82) is 0 Å². The number of nitrogens with zero attached hydrogens (tertiary/aromatic N) is 7. The molecule has 0 fully saturated rings. The second-order valence-corrected chi connectivity index (χ2v) is 13.7. The number of aryl methyl sites for hydroxylation is 1. The van der Waals surface area contributed by atoms with Crippen molar-refractivity contribution in [2.24, 2.45) is 7.05 Å². The zero-order valence-corrected chi connectivity index (χ0v) is 25.8. The molecule has 15 heteroatoms. The average molecular weight is 700 g/mol. The third-order valence-corrected chi connectivity index (χ3v) is 9.88. The van der Waals surface area contributed by atoms with Gasteiger partial charge in [-0.2, -0.15) is 5.10 Å². The average Bonchev–Trinajstić information content (AvgIpc) is 3.52. The molecule has 0 saturated carbocycles. The van der Waals surface area contributed by atoms with Gasteiger partial charge < -0.3 is 15.6 Å². The molecule has 0 bridgehead atoms. The van der Waals surface area contributed by atoms with Crippen LogP contribution in [0.3, 0.4) is 0 Å². The summed E-state index contributed by atoms with van der Waals surface area (Å²) in [5.74, 6) is 5.21. The summed E-state index contributed by atoms with van der Waals surface area (Å²) >= 11 is 1.68. The van der Waals surface area contributed by atoms with E-state index < -0.39 is 27.5 Å². The maximum Gasteiger partial charge on any atom is 0.259 e. The first-order valence-corrected chi connectivity index (χ1v) is 15.2. The molecule has 1 amide bonds. The Balaban J connectivity index is 1.60. The Bertz CT molecular complexity index is 2070. The molecule has 4 heterocycles. The van der Waals surface area contributed by atoms with E-state index in [2.05, 4.69) is 32.3 Å². The normalized spacial score (nSPS) is 12.4. The number of aromatic nitrogens is 6. The Hall–Kier alpha value is -4.27. The third-order valence-electron chi connectivity index (χ3n) is 6.61. The van der Waals surface area contributed by atoms with Gasteiger partial charge in [-0.25, -0.2) is 17.9 Å². The Morgan fingerprint density at radius 3 is 2.76 bits per heavy atom. The number of halogens is 1. The lowest BCUT2D eigenvalue weighted by molar-refractivity contribution is 0.0940. The molecular formula is C27H26IN9O4S. The van der Waals surface area contributed by atoms with E-state index in [1.807, 2.05) is 0 Å². The van der Waals surface area contributed by atoms with Crippen LogP contribution in [0.5, 0.6) is 0 Å². The molecule has 1 aromatic carbocycles. The van der Waals surface area contributed by atoms with Gasteiger partial charge in [-0.05, 0) is 30.5 Å². The van der Waals surface area contributed by atoms with Crippen molar-refractivity contribution in [2.75, 3.05) is 18.5 Å². The molecular weight excluding hydrogens is 673 g/mol. The zero-order chi connectivity index (χ0) is 30.2. The number of benzene rings is 1. The van der Waals surface area contributed by atoms with Crippen molar-refractivity contribution in [1.82, 2.24) is 36.8 Å². The molecule has 5 aromatic rings. The van der Waals surface area contributed by atoms with Crippen LogP contribution in [0.25, 0.3) is 16.4 Å². The van der Waals surface area contributed by atoms with E-state index in [1.165, 1.54) is 22.3 Å². The van der Waals surface area contributed by atoms with Gasteiger partial charge in [0.1, 0.15) is 5.56 Å². The maximum absolute atomic E-state index is 14.0. The lowest BCUT2D eigenvalue weighted by Crippen LogP contribution is -2.35. The van der Waals surface area contributed by atoms with E-state index >= 15 is 0 Å². The molecule has 3 N–H and O–H groups in total. The summed E-state index contributed by atoms with van der Waals surface area (Å²) in [6, 6.07) is 7.99. The first-order chi connectivity index (χ1) is 20.0. The number of nitrogen functional groups attached to an aromatic ring is 1. The van der Waals surface area contributed by atoms with Crippen molar-refractivity contribution in [3.8, 4) is 11.8 Å². The number of amides is 1. The molecule has 13 nitrogen and oxygen atoms in total. The molecule has 0 aliphatic heterocycles. The van der Waals surface area contributed by atoms with Gasteiger partial charge in [-0.15, -0.1) is 7.62 Å². The highest BCUT2D eigenvalue weighted by atomic mass is 127. The van der Waals surface area contributed by atoms with Gasteiger partial charge in [0.15, 0.2) is 11.5 Å². The Kier molecular flexibility index (Phi) is 8.03. The standard InChI is InChI=1S/C27H26IN9O4S/c1-17(32-26(38)23-24(29)33-37-11-5-10-30-25(23)37)21-14-20-7-4-6-19(9-8-18-15-31-34(2)16-18)22(20)27(39)36(21)12-13-42(40,41)35(3)28/h4-7,10-11,14-17H,12-13H2,1-3H3,(H2,29,33)(H,32,38). The number of sulfonamides is 1. The first-order valence-electron chi connectivity index (χ1n) is 12.7. The van der Waals surface area contributed by atoms with E-state index in [4.69, 9.17) is 5.73 Å². The Labute approximate surface area is 254 Å². The van der Waals surface area contributed by atoms with Gasteiger partial charge in [-0.3, -0.25) is 14.3 Å². The van der Waals surface area contributed by atoms with Crippen LogP contribution in [-0.2, 0) is 23.6 Å². The molecule has 0 spiro atoms. The summed E-state index contributed by atoms with van der Waals surface area (Å²) in [7, 11) is -0.449. The van der Waals surface area contributed by atoms with Crippen molar-refractivity contribution in [3.63, 3.8) is 0 Å². The number of hydrogen-bond acceptors (Lipinski definition) is 8. The highest BCUT2D eigenvalue weighted by molar-refractivity contribution is 14.1. The number of nitrogens with two attached hydrogens (primary N) is 1. The van der Waals surface area contributed by atoms with Gasteiger partial charge in [-0.1, -0.05) is 24.0 Å². The molecule has 1 atom stereocenters. The largest absolute Gasteiger partial charge is 0.381 e. The van der Waals surface area contributed by atoms with E-state index in [-0.39, 0.29) is 29.3 Å². The third kappa shape index (κ3) is 5.73. The lowest BCUT2D eigenvalue weighted by atomic mass is 10.0. The molecule has 0 aliphatic carbocycles. The number of carbonyl (C=O) groups excluding carboxylic acids is 1. The summed E-state index contributed by atoms with van der Waals surface area (Å²) in [6.07, 6.45) is 6.53. The summed E-state index contributed by atoms with van der Waals surface area (Å²) in [5, 5.41) is 12.1. The molecule has 1 unspecified atom stereocenters. The highest BCUT2D eigenvalue weighted by Gasteiger charge is 2.24. The fourth-order valence-electron chi connectivity index (χ4n) is 4.53. The maximum atomic E-state index is 14.0. The van der Waals surface area contributed by atoms with Crippen LogP contribution in [0.15, 0.2) is 59.9 Å². The molecule has 0 saturated heterocycles. The summed E-state index contributed by atoms with van der Waals surface area (Å²) in [5.41, 5.74) is 7.56. The van der Waals surface area contributed by atoms with Gasteiger partial charge in [0.25, 0.3) is 11.5 Å². The molecule has 0 radical (unpaired) electrons. The number of hydrogen-bond donors (Lipinski definition) is 2. The second-order valence-electron chi connectivity index (χ2n) is 9.50. The fourth-order valence-corrected chi connectivity index (χ4v) is 5.79. The van der Waals surface area contributed by atoms with Gasteiger partial charge >= 0.3 is 0 Å². The monoisotopic (exact) mass is 699 g/mol. The van der Waals surface area contributed by atoms with E-state index in [1.54, 1.807) is 90.4 Å². The van der Waals surface area contributed by atoms with E-state index in [9.17, 15) is 18.0 Å². The number of carbonyl (C=O) groups is 1. The minimum atomic E-state index is -3.65. The summed E-state index contributed by atoms with van der Waals surface area (Å²) in [6.45, 7) is 1.56. The fraction of sp³-hybridized carbons (Fsp3) is 0.222. The van der Waals surface area contributed by atoms with Crippen LogP contribution in [-0.4, -0.2) is 58.6 Å². The molecule has 5 rings (SSSR count). The zero-order valence-electron chi connectivity index (χ0n) is 22.8. The van der Waals surface area contributed by atoms with Gasteiger partial charge in [0.2, 0.25) is 10.0 Å². The van der Waals surface area contributed by atoms with Gasteiger partial charge in [0, 0.05) is 73.4 Å². The van der Waals surface area contributed by atoms with Crippen LogP contribution in [0.2, 0.25) is 0 Å². The van der Waals surface area contributed by atoms with Crippen LogP contribution in [0.4, 0.5) is 5.82 Å². The van der Waals surface area contributed by atoms with Crippen LogP contribution >= 0.6 is 22.9 Å². The molecule has 4 aromatic heterocycles. The predicted molar refractivity (Wildman–Crippen MR) is 166 cm³/mol. The number of pyridine rings is 1. The summed E-state index contributed by atoms with van der Waals surface area (Å²) < 4.78 is 30.8. The topological polar surface area (TPSA) is 163 Å². The number of anilines is 1. The van der Waals surface area contributed by atoms with Crippen molar-refractivity contribution >= 4 is 61.0 Å². The molecule has 216 valence electrons. The smallest absolute Gasteiger partial charge is 0.259 e. The Morgan fingerprint density at radius 1 is 1.26 bits per heavy atom. The minimum Gasteiger partial charge on any atom is -0.381 e. The SMILES string of the molecule is CC(NC(=O)c1c(N)nn2cccnc12)c1cc2cccc(C#Cc3cnn(C)c3)c2c(=O)n1CCS(=O)(=O)N(C)I. The van der Waals surface area contributed by atoms with Crippen molar-refractivity contribution in [2.45, 2.75) is 19.5 Å². The quantitative estimate of drug-likeness (QED) is 0.148. The molecule has 0 aliphatic rings. The van der Waals surface area contributed by atoms with E-state index in [0.717, 1.165) is 2.52 Å². The van der Waals surface area contributed by atoms with Crippen LogP contribution < -0.4 is 16.6 Å². The van der Waals surface area contributed by atoms with Crippen LogP contribution in [0.1, 0.15) is 40.1 Å². The van der Waals surface area contributed by atoms with E-state index in [0.29, 0.717) is 27.6 Å². The van der Waals surface area contributed by atoms with Crippen LogP contribution in [0, 0.1) is 11.8 Å². The second kappa shape index (κ2) is 11.5. The summed E-state index contributed by atoms with van der Waals surface area (Å²) in [4.78, 5) is 31.6. The Morgan fingerprint density at radius 2 is 2.05 bits per heavy atom. The number of rotatable bonds is 7. The van der Waals surface area contributed by atoms with Crippen molar-refractivity contribution in [3.05, 3.63) is 87.9 Å². The first kappa shape index (κ1) is 29.2. The van der Waals surface area contributed by atoms with Crippen molar-refractivity contribution < 1.29 is 13.2 Å². The van der Waals surface area contributed by atoms with Gasteiger partial charge in [0.05, 0.1) is 28.9 Å². The molecule has 42 heavy (non-hydrogen) atoms. The number of nitrogens with one attached hydrogen (secondary N) is 1. The predicted octanol–water partition coefficient (Wildman–Crippen LogP) is 1.86.